The van der Waals surface area contributed by atoms with Crippen LogP contribution in [0.15, 0.2) is 47.3 Å². The van der Waals surface area contributed by atoms with Crippen molar-refractivity contribution in [1.82, 2.24) is 9.78 Å². The number of hydrogen-bond acceptors (Lipinski definition) is 3. The van der Waals surface area contributed by atoms with Crippen molar-refractivity contribution in [3.8, 4) is 11.4 Å². The predicted octanol–water partition coefficient (Wildman–Crippen LogP) is 2.77. The second-order valence-corrected chi connectivity index (χ2v) is 5.18. The molecular formula is C17H18N2O3. The molecule has 22 heavy (non-hydrogen) atoms. The monoisotopic (exact) mass is 298 g/mol. The highest BCUT2D eigenvalue weighted by molar-refractivity contribution is 5.81. The zero-order valence-corrected chi connectivity index (χ0v) is 12.5. The average Bonchev–Trinajstić information content (AvgIpc) is 2.90. The number of ether oxygens (including phenoxy) is 1. The summed E-state index contributed by atoms with van der Waals surface area (Å²) >= 11 is 0. The number of nitrogens with one attached hydrogen (secondary N) is 1. The van der Waals surface area contributed by atoms with Gasteiger partial charge in [0.1, 0.15) is 5.75 Å². The maximum Gasteiger partial charge on any atom is 0.272 e. The van der Waals surface area contributed by atoms with Gasteiger partial charge in [-0.15, -0.1) is 0 Å². The highest BCUT2D eigenvalue weighted by Crippen LogP contribution is 2.23. The summed E-state index contributed by atoms with van der Waals surface area (Å²) in [7, 11) is 1.57. The minimum Gasteiger partial charge on any atom is -0.497 e. The summed E-state index contributed by atoms with van der Waals surface area (Å²) in [4.78, 5) is 12.1. The molecule has 0 bridgehead atoms. The predicted molar refractivity (Wildman–Crippen MR) is 85.7 cm³/mol. The Hall–Kier alpha value is -2.53. The molecule has 2 aromatic carbocycles. The lowest BCUT2D eigenvalue weighted by molar-refractivity contribution is 0.173. The molecular weight excluding hydrogens is 280 g/mol. The van der Waals surface area contributed by atoms with Gasteiger partial charge in [0, 0.05) is 0 Å². The van der Waals surface area contributed by atoms with E-state index in [1.165, 1.54) is 0 Å². The molecule has 1 atom stereocenters. The van der Waals surface area contributed by atoms with E-state index in [4.69, 9.17) is 4.74 Å². The lowest BCUT2D eigenvalue weighted by atomic mass is 10.1. The van der Waals surface area contributed by atoms with Crippen molar-refractivity contribution in [1.29, 1.82) is 0 Å². The third kappa shape index (κ3) is 2.40. The molecule has 0 aliphatic heterocycles. The number of aromatic nitrogens is 2. The molecule has 0 aliphatic rings. The Morgan fingerprint density at radius 3 is 2.82 bits per heavy atom. The largest absolute Gasteiger partial charge is 0.497 e. The molecule has 0 saturated carbocycles. The van der Waals surface area contributed by atoms with Gasteiger partial charge in [-0.3, -0.25) is 14.6 Å². The first-order valence-corrected chi connectivity index (χ1v) is 7.21. The van der Waals surface area contributed by atoms with Crippen LogP contribution in [0.25, 0.3) is 16.6 Å². The number of hydrogen-bond donors (Lipinski definition) is 2. The van der Waals surface area contributed by atoms with Crippen LogP contribution < -0.4 is 10.3 Å². The molecule has 1 aromatic heterocycles. The van der Waals surface area contributed by atoms with Gasteiger partial charge in [0.15, 0.2) is 0 Å². The van der Waals surface area contributed by atoms with E-state index in [1.54, 1.807) is 17.9 Å². The molecule has 0 amide bonds. The normalized spacial score (nSPS) is 12.5. The van der Waals surface area contributed by atoms with Gasteiger partial charge in [-0.1, -0.05) is 19.1 Å². The van der Waals surface area contributed by atoms with Gasteiger partial charge in [-0.2, -0.15) is 0 Å². The van der Waals surface area contributed by atoms with E-state index < -0.39 is 6.10 Å². The van der Waals surface area contributed by atoms with E-state index in [-0.39, 0.29) is 5.56 Å². The number of aromatic amines is 1. The fourth-order valence-electron chi connectivity index (χ4n) is 2.55. The number of nitrogens with zero attached hydrogens (tertiary/aromatic N) is 1. The van der Waals surface area contributed by atoms with Crippen LogP contribution in [0.2, 0.25) is 0 Å². The molecule has 0 fully saturated rings. The van der Waals surface area contributed by atoms with Crippen LogP contribution in [-0.4, -0.2) is 22.0 Å². The highest BCUT2D eigenvalue weighted by Gasteiger charge is 2.11. The van der Waals surface area contributed by atoms with Crippen LogP contribution in [0.4, 0.5) is 0 Å². The van der Waals surface area contributed by atoms with Gasteiger partial charge in [0.25, 0.3) is 5.56 Å². The van der Waals surface area contributed by atoms with Crippen LogP contribution >= 0.6 is 0 Å². The molecule has 1 unspecified atom stereocenters. The molecule has 0 spiro atoms. The van der Waals surface area contributed by atoms with Crippen LogP contribution in [-0.2, 0) is 0 Å². The van der Waals surface area contributed by atoms with Gasteiger partial charge in [0.05, 0.1) is 29.8 Å². The number of aliphatic hydroxyl groups excluding tert-OH is 1. The number of H-pyrrole nitrogens is 1. The highest BCUT2D eigenvalue weighted by atomic mass is 16.5. The Labute approximate surface area is 127 Å². The summed E-state index contributed by atoms with van der Waals surface area (Å²) in [5.74, 6) is 0.644. The summed E-state index contributed by atoms with van der Waals surface area (Å²) in [5, 5.41) is 13.4. The van der Waals surface area contributed by atoms with E-state index >= 15 is 0 Å². The van der Waals surface area contributed by atoms with Gasteiger partial charge in [-0.25, -0.2) is 0 Å². The zero-order chi connectivity index (χ0) is 15.7. The fraction of sp³-hybridized carbons (Fsp3) is 0.235. The van der Waals surface area contributed by atoms with Crippen molar-refractivity contribution in [2.24, 2.45) is 0 Å². The first kappa shape index (κ1) is 14.4. The van der Waals surface area contributed by atoms with Crippen molar-refractivity contribution in [2.45, 2.75) is 19.4 Å². The average molecular weight is 298 g/mol. The molecule has 114 valence electrons. The summed E-state index contributed by atoms with van der Waals surface area (Å²) in [5.41, 5.74) is 2.24. The molecule has 5 nitrogen and oxygen atoms in total. The van der Waals surface area contributed by atoms with Crippen LogP contribution in [0, 0.1) is 0 Å². The number of benzene rings is 2. The third-order valence-electron chi connectivity index (χ3n) is 3.80. The minimum atomic E-state index is -0.506. The van der Waals surface area contributed by atoms with Crippen molar-refractivity contribution in [3.05, 3.63) is 58.4 Å². The summed E-state index contributed by atoms with van der Waals surface area (Å²) in [6.07, 6.45) is 0.137. The molecule has 0 saturated heterocycles. The van der Waals surface area contributed by atoms with Gasteiger partial charge >= 0.3 is 0 Å². The first-order chi connectivity index (χ1) is 10.6. The molecule has 3 aromatic rings. The standard InChI is InChI=1S/C17H18N2O3/c1-3-16(20)11-5-4-6-12(9-11)19-15-8-7-13(22-2)10-14(15)17(21)18-19/h4-10,16,20H,3H2,1-2H3,(H,18,21). The molecule has 5 heteroatoms. The van der Waals surface area contributed by atoms with Crippen molar-refractivity contribution in [2.75, 3.05) is 7.11 Å². The van der Waals surface area contributed by atoms with Gasteiger partial charge in [-0.05, 0) is 42.3 Å². The molecule has 1 heterocycles. The summed E-state index contributed by atoms with van der Waals surface area (Å²) in [6.45, 7) is 1.93. The Bertz CT molecular complexity index is 864. The Kier molecular flexibility index (Phi) is 3.73. The maximum absolute atomic E-state index is 12.1. The van der Waals surface area contributed by atoms with Crippen LogP contribution in [0.5, 0.6) is 5.75 Å². The zero-order valence-electron chi connectivity index (χ0n) is 12.5. The fourth-order valence-corrected chi connectivity index (χ4v) is 2.55. The second kappa shape index (κ2) is 5.69. The van der Waals surface area contributed by atoms with Gasteiger partial charge in [0.2, 0.25) is 0 Å². The number of fused-ring (bicyclic) bond motifs is 1. The number of methoxy groups -OCH3 is 1. The van der Waals surface area contributed by atoms with E-state index in [0.29, 0.717) is 17.6 Å². The first-order valence-electron chi connectivity index (χ1n) is 7.21. The number of aliphatic hydroxyl groups is 1. The smallest absolute Gasteiger partial charge is 0.272 e. The second-order valence-electron chi connectivity index (χ2n) is 5.18. The van der Waals surface area contributed by atoms with Crippen molar-refractivity contribution < 1.29 is 9.84 Å². The van der Waals surface area contributed by atoms with Crippen LogP contribution in [0.3, 0.4) is 0 Å². The third-order valence-corrected chi connectivity index (χ3v) is 3.80. The van der Waals surface area contributed by atoms with Crippen LogP contribution in [0.1, 0.15) is 25.0 Å². The Morgan fingerprint density at radius 2 is 2.09 bits per heavy atom. The van der Waals surface area contributed by atoms with E-state index in [2.05, 4.69) is 5.10 Å². The van der Waals surface area contributed by atoms with Crippen molar-refractivity contribution >= 4 is 10.9 Å². The minimum absolute atomic E-state index is 0.171. The SMILES string of the molecule is CCC(O)c1cccc(-n2[nH]c(=O)c3cc(OC)ccc32)c1. The lowest BCUT2D eigenvalue weighted by Gasteiger charge is -2.11. The topological polar surface area (TPSA) is 67.2 Å². The quantitative estimate of drug-likeness (QED) is 0.778. The molecule has 0 radical (unpaired) electrons. The molecule has 2 N–H and O–H groups in total. The lowest BCUT2D eigenvalue weighted by Crippen LogP contribution is -2.05. The summed E-state index contributed by atoms with van der Waals surface area (Å²) < 4.78 is 6.89. The molecule has 3 rings (SSSR count). The number of rotatable bonds is 4. The van der Waals surface area contributed by atoms with E-state index in [9.17, 15) is 9.90 Å². The Morgan fingerprint density at radius 1 is 1.27 bits per heavy atom. The van der Waals surface area contributed by atoms with Crippen molar-refractivity contribution in [3.63, 3.8) is 0 Å². The van der Waals surface area contributed by atoms with Gasteiger partial charge < -0.3 is 9.84 Å². The van der Waals surface area contributed by atoms with E-state index in [0.717, 1.165) is 16.8 Å². The summed E-state index contributed by atoms with van der Waals surface area (Å²) in [6, 6.07) is 12.9. The van der Waals surface area contributed by atoms with E-state index in [1.807, 2.05) is 43.3 Å². The maximum atomic E-state index is 12.1. The molecule has 0 aliphatic carbocycles. The Balaban J connectivity index is 2.17.